The highest BCUT2D eigenvalue weighted by Crippen LogP contribution is 2.36. The molecule has 1 saturated heterocycles. The van der Waals surface area contributed by atoms with Gasteiger partial charge >= 0.3 is 6.03 Å². The zero-order chi connectivity index (χ0) is 22.8. The number of nitrogens with zero attached hydrogens (tertiary/aromatic N) is 4. The van der Waals surface area contributed by atoms with Crippen molar-refractivity contribution in [1.29, 1.82) is 0 Å². The van der Waals surface area contributed by atoms with Gasteiger partial charge in [0.15, 0.2) is 11.5 Å². The fourth-order valence-electron chi connectivity index (χ4n) is 4.44. The Labute approximate surface area is 195 Å². The Morgan fingerprint density at radius 3 is 2.73 bits per heavy atom. The molecule has 33 heavy (non-hydrogen) atoms. The van der Waals surface area contributed by atoms with Crippen molar-refractivity contribution in [1.82, 2.24) is 19.9 Å². The van der Waals surface area contributed by atoms with Crippen LogP contribution in [0.1, 0.15) is 30.9 Å². The number of fused-ring (bicyclic) bond motifs is 2. The minimum absolute atomic E-state index is 0.0709. The lowest BCUT2D eigenvalue weighted by atomic mass is 9.93. The lowest BCUT2D eigenvalue weighted by molar-refractivity contribution is 0.213. The molecule has 1 aliphatic rings. The lowest BCUT2D eigenvalue weighted by Crippen LogP contribution is -2.35. The molecule has 1 unspecified atom stereocenters. The first kappa shape index (κ1) is 21.4. The van der Waals surface area contributed by atoms with Gasteiger partial charge in [-0.2, -0.15) is 0 Å². The molecule has 0 bridgehead atoms. The number of anilines is 1. The molecule has 0 spiro atoms. The molecule has 1 atom stereocenters. The first-order chi connectivity index (χ1) is 16.2. The van der Waals surface area contributed by atoms with Gasteiger partial charge in [0.05, 0.1) is 41.2 Å². The second-order valence-electron chi connectivity index (χ2n) is 8.06. The number of thiazole rings is 1. The summed E-state index contributed by atoms with van der Waals surface area (Å²) in [5, 5.41) is 4.01. The topological polar surface area (TPSA) is 89.5 Å². The summed E-state index contributed by atoms with van der Waals surface area (Å²) in [5.41, 5.74) is 5.38. The summed E-state index contributed by atoms with van der Waals surface area (Å²) >= 11 is 1.57. The fourth-order valence-corrected chi connectivity index (χ4v) is 5.15. The summed E-state index contributed by atoms with van der Waals surface area (Å²) in [7, 11) is 3.24. The molecule has 3 heterocycles. The second kappa shape index (κ2) is 9.19. The van der Waals surface area contributed by atoms with E-state index in [1.807, 2.05) is 40.7 Å². The third-order valence-corrected chi connectivity index (χ3v) is 6.95. The largest absolute Gasteiger partial charge is 0.493 e. The predicted octanol–water partition coefficient (Wildman–Crippen LogP) is 5.06. The van der Waals surface area contributed by atoms with Crippen molar-refractivity contribution in [3.63, 3.8) is 0 Å². The molecule has 1 aliphatic heterocycles. The Morgan fingerprint density at radius 1 is 1.03 bits per heavy atom. The Balaban J connectivity index is 1.32. The van der Waals surface area contributed by atoms with Crippen LogP contribution in [-0.2, 0) is 0 Å². The molecule has 1 fully saturated rings. The average molecular weight is 464 g/mol. The van der Waals surface area contributed by atoms with Crippen LogP contribution in [0.3, 0.4) is 0 Å². The Hall–Kier alpha value is -3.46. The van der Waals surface area contributed by atoms with E-state index in [4.69, 9.17) is 9.47 Å². The van der Waals surface area contributed by atoms with Crippen LogP contribution >= 0.6 is 11.3 Å². The van der Waals surface area contributed by atoms with Crippen molar-refractivity contribution in [2.24, 2.45) is 0 Å². The molecule has 2 aromatic heterocycles. The minimum Gasteiger partial charge on any atom is -0.493 e. The molecule has 9 heteroatoms. The van der Waals surface area contributed by atoms with Crippen LogP contribution in [0.4, 0.5) is 10.5 Å². The summed E-state index contributed by atoms with van der Waals surface area (Å²) < 4.78 is 12.0. The summed E-state index contributed by atoms with van der Waals surface area (Å²) in [6.45, 7) is 1.38. The predicted molar refractivity (Wildman–Crippen MR) is 129 cm³/mol. The summed E-state index contributed by atoms with van der Waals surface area (Å²) in [5.74, 6) is 1.54. The van der Waals surface area contributed by atoms with Crippen molar-refractivity contribution in [3.05, 3.63) is 47.9 Å². The van der Waals surface area contributed by atoms with Gasteiger partial charge < -0.3 is 19.7 Å². The number of benzene rings is 2. The number of hydrogen-bond donors (Lipinski definition) is 1. The zero-order valence-corrected chi connectivity index (χ0v) is 19.4. The average Bonchev–Trinajstić information content (AvgIpc) is 3.17. The molecule has 1 N–H and O–H groups in total. The maximum absolute atomic E-state index is 13.0. The monoisotopic (exact) mass is 463 g/mol. The van der Waals surface area contributed by atoms with Gasteiger partial charge in [0, 0.05) is 36.1 Å². The third kappa shape index (κ3) is 4.28. The van der Waals surface area contributed by atoms with E-state index in [2.05, 4.69) is 20.3 Å². The molecule has 0 aliphatic carbocycles. The van der Waals surface area contributed by atoms with Crippen molar-refractivity contribution in [2.75, 3.05) is 32.6 Å². The van der Waals surface area contributed by atoms with Gasteiger partial charge in [-0.1, -0.05) is 0 Å². The van der Waals surface area contributed by atoms with E-state index in [0.29, 0.717) is 24.6 Å². The Bertz CT molecular complexity index is 1310. The van der Waals surface area contributed by atoms with Crippen molar-refractivity contribution in [2.45, 2.75) is 25.2 Å². The van der Waals surface area contributed by atoms with Crippen molar-refractivity contribution in [3.8, 4) is 11.5 Å². The van der Waals surface area contributed by atoms with Crippen LogP contribution in [0, 0.1) is 0 Å². The van der Waals surface area contributed by atoms with Gasteiger partial charge in [0.1, 0.15) is 6.33 Å². The van der Waals surface area contributed by atoms with Gasteiger partial charge in [0.2, 0.25) is 0 Å². The third-order valence-electron chi connectivity index (χ3n) is 6.16. The highest BCUT2D eigenvalue weighted by molar-refractivity contribution is 7.16. The maximum atomic E-state index is 13.0. The maximum Gasteiger partial charge on any atom is 0.321 e. The van der Waals surface area contributed by atoms with E-state index >= 15 is 0 Å². The van der Waals surface area contributed by atoms with Gasteiger partial charge in [-0.25, -0.2) is 19.7 Å². The van der Waals surface area contributed by atoms with E-state index in [1.165, 1.54) is 0 Å². The first-order valence-corrected chi connectivity index (χ1v) is 11.8. The fraction of sp³-hybridized carbons (Fsp3) is 0.333. The quantitative estimate of drug-likeness (QED) is 0.455. The van der Waals surface area contributed by atoms with E-state index < -0.39 is 0 Å². The first-order valence-electron chi connectivity index (χ1n) is 10.9. The number of carbonyl (C=O) groups is 1. The molecular formula is C24H25N5O3S. The number of ether oxygens (including phenoxy) is 2. The van der Waals surface area contributed by atoms with Crippen LogP contribution in [-0.4, -0.2) is 53.2 Å². The number of rotatable bonds is 4. The highest BCUT2D eigenvalue weighted by atomic mass is 32.1. The smallest absolute Gasteiger partial charge is 0.321 e. The van der Waals surface area contributed by atoms with Crippen LogP contribution in [0.15, 0.2) is 42.2 Å². The Morgan fingerprint density at radius 2 is 1.88 bits per heavy atom. The number of nitrogens with one attached hydrogen (secondary N) is 1. The van der Waals surface area contributed by atoms with Gasteiger partial charge in [0.25, 0.3) is 0 Å². The molecule has 2 aromatic carbocycles. The van der Waals surface area contributed by atoms with Crippen LogP contribution in [0.5, 0.6) is 11.5 Å². The number of likely N-dealkylation sites (tertiary alicyclic amines) is 1. The number of hydrogen-bond acceptors (Lipinski definition) is 7. The highest BCUT2D eigenvalue weighted by Gasteiger charge is 2.24. The lowest BCUT2D eigenvalue weighted by Gasteiger charge is -2.21. The number of urea groups is 1. The van der Waals surface area contributed by atoms with Gasteiger partial charge in [-0.3, -0.25) is 0 Å². The number of carbonyl (C=O) groups excluding carboxylic acids is 1. The van der Waals surface area contributed by atoms with E-state index in [1.54, 1.807) is 31.9 Å². The van der Waals surface area contributed by atoms with Gasteiger partial charge in [-0.15, -0.1) is 11.3 Å². The molecule has 170 valence electrons. The van der Waals surface area contributed by atoms with Crippen molar-refractivity contribution >= 4 is 44.2 Å². The minimum atomic E-state index is -0.0709. The molecule has 5 rings (SSSR count). The molecule has 8 nitrogen and oxygen atoms in total. The van der Waals surface area contributed by atoms with E-state index in [0.717, 1.165) is 51.8 Å². The van der Waals surface area contributed by atoms with Crippen molar-refractivity contribution < 1.29 is 14.3 Å². The summed E-state index contributed by atoms with van der Waals surface area (Å²) in [4.78, 5) is 28.2. The summed E-state index contributed by atoms with van der Waals surface area (Å²) in [6.07, 6.45) is 4.30. The van der Waals surface area contributed by atoms with Gasteiger partial charge in [-0.05, 0) is 43.5 Å². The molecule has 4 aromatic rings. The number of aromatic nitrogens is 3. The van der Waals surface area contributed by atoms with Crippen LogP contribution in [0.25, 0.3) is 21.1 Å². The van der Waals surface area contributed by atoms with E-state index in [9.17, 15) is 4.79 Å². The normalized spacial score (nSPS) is 16.5. The molecule has 2 amide bonds. The van der Waals surface area contributed by atoms with Crippen LogP contribution < -0.4 is 14.8 Å². The number of amides is 2. The molecule has 0 radical (unpaired) electrons. The summed E-state index contributed by atoms with van der Waals surface area (Å²) in [6, 6.07) is 9.57. The number of methoxy groups -OCH3 is 2. The van der Waals surface area contributed by atoms with E-state index in [-0.39, 0.29) is 11.9 Å². The molecular weight excluding hydrogens is 438 g/mol. The Kier molecular flexibility index (Phi) is 5.95. The zero-order valence-electron chi connectivity index (χ0n) is 18.6. The SMILES string of the molecule is COc1cc2ncnc(C3CCCN(C(=O)Nc4ccc5ncsc5c4)CC3)c2cc1OC. The molecule has 0 saturated carbocycles. The van der Waals surface area contributed by atoms with Crippen LogP contribution in [0.2, 0.25) is 0 Å². The standard InChI is InChI=1S/C24H25N5O3S/c1-31-20-11-17-19(12-21(20)32-2)25-13-26-23(17)15-4-3-8-29(9-7-15)24(30)28-16-5-6-18-22(10-16)33-14-27-18/h5-6,10-15H,3-4,7-9H2,1-2H3,(H,28,30). The second-order valence-corrected chi connectivity index (χ2v) is 8.95.